The molecule has 0 spiro atoms. The van der Waals surface area contributed by atoms with E-state index in [1.54, 1.807) is 16.8 Å². The number of nitrogens with one attached hydrogen (secondary N) is 2. The van der Waals surface area contributed by atoms with Gasteiger partial charge in [-0.05, 0) is 43.9 Å². The smallest absolute Gasteiger partial charge is 0.319 e. The molecule has 6 nitrogen and oxygen atoms in total. The van der Waals surface area contributed by atoms with Crippen LogP contribution in [-0.2, 0) is 4.79 Å². The van der Waals surface area contributed by atoms with Gasteiger partial charge in [-0.15, -0.1) is 11.3 Å². The van der Waals surface area contributed by atoms with Crippen LogP contribution in [0.3, 0.4) is 0 Å². The van der Waals surface area contributed by atoms with Gasteiger partial charge >= 0.3 is 12.0 Å². The van der Waals surface area contributed by atoms with E-state index in [1.165, 1.54) is 0 Å². The topological polar surface area (TPSA) is 91.3 Å². The highest BCUT2D eigenvalue weighted by atomic mass is 32.1. The highest BCUT2D eigenvalue weighted by Gasteiger charge is 2.26. The van der Waals surface area contributed by atoms with Gasteiger partial charge in [0.25, 0.3) is 0 Å². The number of aromatic nitrogens is 1. The van der Waals surface area contributed by atoms with Crippen LogP contribution in [0.5, 0.6) is 0 Å². The number of rotatable bonds is 3. The summed E-state index contributed by atoms with van der Waals surface area (Å²) in [7, 11) is 0. The third kappa shape index (κ3) is 3.36. The van der Waals surface area contributed by atoms with Crippen LogP contribution in [0.25, 0.3) is 10.2 Å². The molecule has 2 aromatic rings. The van der Waals surface area contributed by atoms with E-state index in [-0.39, 0.29) is 18.0 Å². The Kier molecular flexibility index (Phi) is 4.24. The average Bonchev–Trinajstić information content (AvgIpc) is 2.95. The van der Waals surface area contributed by atoms with Crippen molar-refractivity contribution >= 4 is 39.2 Å². The normalized spacial score (nSPS) is 21.5. The molecule has 1 fully saturated rings. The quantitative estimate of drug-likeness (QED) is 0.811. The van der Waals surface area contributed by atoms with Crippen LogP contribution in [0, 0.1) is 5.92 Å². The number of carbonyl (C=O) groups is 2. The number of benzene rings is 1. The lowest BCUT2D eigenvalue weighted by molar-refractivity contribution is -0.142. The molecule has 7 heteroatoms. The van der Waals surface area contributed by atoms with E-state index in [1.807, 2.05) is 18.2 Å². The third-order valence-corrected chi connectivity index (χ3v) is 4.81. The molecule has 0 unspecified atom stereocenters. The van der Waals surface area contributed by atoms with Crippen molar-refractivity contribution in [2.24, 2.45) is 5.92 Å². The predicted octanol–water partition coefficient (Wildman–Crippen LogP) is 3.06. The number of thiazole rings is 1. The molecule has 1 saturated carbocycles. The predicted molar refractivity (Wildman–Crippen MR) is 85.2 cm³/mol. The summed E-state index contributed by atoms with van der Waals surface area (Å²) in [5.74, 6) is -1.01. The maximum atomic E-state index is 12.0. The summed E-state index contributed by atoms with van der Waals surface area (Å²) in [4.78, 5) is 27.1. The van der Waals surface area contributed by atoms with Gasteiger partial charge in [0.05, 0.1) is 21.6 Å². The minimum Gasteiger partial charge on any atom is -0.481 e. The van der Waals surface area contributed by atoms with Gasteiger partial charge in [0.15, 0.2) is 0 Å². The molecule has 2 amide bonds. The van der Waals surface area contributed by atoms with E-state index in [4.69, 9.17) is 5.11 Å². The molecule has 0 aliphatic heterocycles. The zero-order chi connectivity index (χ0) is 15.5. The largest absolute Gasteiger partial charge is 0.481 e. The van der Waals surface area contributed by atoms with E-state index in [9.17, 15) is 9.59 Å². The minimum atomic E-state index is -0.737. The summed E-state index contributed by atoms with van der Waals surface area (Å²) in [6.45, 7) is 0. The van der Waals surface area contributed by atoms with Crippen molar-refractivity contribution in [1.82, 2.24) is 10.3 Å². The molecule has 0 bridgehead atoms. The molecule has 1 aliphatic rings. The first-order valence-corrected chi connectivity index (χ1v) is 8.13. The molecule has 0 saturated heterocycles. The fourth-order valence-electron chi connectivity index (χ4n) is 2.77. The van der Waals surface area contributed by atoms with Gasteiger partial charge < -0.3 is 15.7 Å². The fraction of sp³-hybridized carbons (Fsp3) is 0.400. The lowest BCUT2D eigenvalue weighted by Crippen LogP contribution is -2.40. The molecule has 3 N–H and O–H groups in total. The first-order chi connectivity index (χ1) is 10.6. The van der Waals surface area contributed by atoms with Crippen LogP contribution in [0.4, 0.5) is 10.5 Å². The van der Waals surface area contributed by atoms with E-state index >= 15 is 0 Å². The van der Waals surface area contributed by atoms with Crippen LogP contribution in [0.15, 0.2) is 23.7 Å². The fourth-order valence-corrected chi connectivity index (χ4v) is 3.43. The van der Waals surface area contributed by atoms with Crippen LogP contribution < -0.4 is 10.6 Å². The average molecular weight is 319 g/mol. The van der Waals surface area contributed by atoms with Crippen LogP contribution >= 0.6 is 11.3 Å². The van der Waals surface area contributed by atoms with Crippen molar-refractivity contribution in [3.63, 3.8) is 0 Å². The van der Waals surface area contributed by atoms with Gasteiger partial charge in [0.1, 0.15) is 0 Å². The number of nitrogens with zero attached hydrogens (tertiary/aromatic N) is 1. The summed E-state index contributed by atoms with van der Waals surface area (Å²) in [6, 6.07) is 5.40. The van der Waals surface area contributed by atoms with Gasteiger partial charge in [0.2, 0.25) is 0 Å². The summed E-state index contributed by atoms with van der Waals surface area (Å²) in [5.41, 5.74) is 3.34. The van der Waals surface area contributed by atoms with Crippen LogP contribution in [0.2, 0.25) is 0 Å². The Hall–Kier alpha value is -2.15. The van der Waals surface area contributed by atoms with Crippen molar-refractivity contribution in [1.29, 1.82) is 0 Å². The second kappa shape index (κ2) is 6.31. The maximum absolute atomic E-state index is 12.0. The summed E-state index contributed by atoms with van der Waals surface area (Å²) < 4.78 is 1.08. The second-order valence-corrected chi connectivity index (χ2v) is 6.41. The Bertz CT molecular complexity index is 692. The number of hydrogen-bond acceptors (Lipinski definition) is 4. The Morgan fingerprint density at radius 1 is 1.23 bits per heavy atom. The SMILES string of the molecule is O=C(Nc1ccc2scnc2c1)NC1CCC(C(=O)O)CC1. The first kappa shape index (κ1) is 14.8. The van der Waals surface area contributed by atoms with Gasteiger partial charge in [-0.1, -0.05) is 0 Å². The van der Waals surface area contributed by atoms with Crippen molar-refractivity contribution in [3.05, 3.63) is 23.7 Å². The van der Waals surface area contributed by atoms with Crippen LogP contribution in [-0.4, -0.2) is 28.1 Å². The second-order valence-electron chi connectivity index (χ2n) is 5.52. The lowest BCUT2D eigenvalue weighted by atomic mass is 9.86. The number of carboxylic acid groups (broad SMARTS) is 1. The van der Waals surface area contributed by atoms with Gasteiger partial charge in [-0.3, -0.25) is 4.79 Å². The molecule has 1 heterocycles. The highest BCUT2D eigenvalue weighted by molar-refractivity contribution is 7.16. The number of aliphatic carboxylic acids is 1. The number of amides is 2. The Labute approximate surface area is 131 Å². The number of urea groups is 1. The Morgan fingerprint density at radius 2 is 2.00 bits per heavy atom. The van der Waals surface area contributed by atoms with E-state index in [2.05, 4.69) is 15.6 Å². The Morgan fingerprint density at radius 3 is 2.73 bits per heavy atom. The van der Waals surface area contributed by atoms with E-state index in [0.29, 0.717) is 31.4 Å². The van der Waals surface area contributed by atoms with Crippen molar-refractivity contribution in [2.45, 2.75) is 31.7 Å². The standard InChI is InChI=1S/C15H17N3O3S/c19-14(20)9-1-3-10(4-2-9)17-15(21)18-11-5-6-13-12(7-11)16-8-22-13/h5-10H,1-4H2,(H,19,20)(H2,17,18,21). The zero-order valence-electron chi connectivity index (χ0n) is 11.9. The summed E-state index contributed by atoms with van der Waals surface area (Å²) in [6.07, 6.45) is 2.64. The van der Waals surface area contributed by atoms with Crippen molar-refractivity contribution < 1.29 is 14.7 Å². The molecule has 3 rings (SSSR count). The third-order valence-electron chi connectivity index (χ3n) is 4.00. The number of fused-ring (bicyclic) bond motifs is 1. The lowest BCUT2D eigenvalue weighted by Gasteiger charge is -2.26. The van der Waals surface area contributed by atoms with Gasteiger partial charge in [0, 0.05) is 11.7 Å². The minimum absolute atomic E-state index is 0.0404. The molecule has 1 aliphatic carbocycles. The monoisotopic (exact) mass is 319 g/mol. The molecule has 116 valence electrons. The maximum Gasteiger partial charge on any atom is 0.319 e. The molecule has 0 radical (unpaired) electrons. The number of carboxylic acids is 1. The zero-order valence-corrected chi connectivity index (χ0v) is 12.7. The van der Waals surface area contributed by atoms with Crippen molar-refractivity contribution in [2.75, 3.05) is 5.32 Å². The molecule has 1 aromatic heterocycles. The summed E-state index contributed by atoms with van der Waals surface area (Å²) in [5, 5.41) is 14.7. The number of anilines is 1. The molecule has 22 heavy (non-hydrogen) atoms. The highest BCUT2D eigenvalue weighted by Crippen LogP contribution is 2.25. The number of hydrogen-bond donors (Lipinski definition) is 3. The number of carbonyl (C=O) groups excluding carboxylic acids is 1. The Balaban J connectivity index is 1.53. The van der Waals surface area contributed by atoms with Gasteiger partial charge in [-0.2, -0.15) is 0 Å². The van der Waals surface area contributed by atoms with E-state index in [0.717, 1.165) is 10.2 Å². The van der Waals surface area contributed by atoms with Crippen molar-refractivity contribution in [3.8, 4) is 0 Å². The molecule has 0 atom stereocenters. The van der Waals surface area contributed by atoms with Gasteiger partial charge in [-0.25, -0.2) is 9.78 Å². The molecular weight excluding hydrogens is 302 g/mol. The first-order valence-electron chi connectivity index (χ1n) is 7.25. The molecule has 1 aromatic carbocycles. The summed E-state index contributed by atoms with van der Waals surface area (Å²) >= 11 is 1.56. The van der Waals surface area contributed by atoms with Crippen LogP contribution in [0.1, 0.15) is 25.7 Å². The van der Waals surface area contributed by atoms with E-state index < -0.39 is 5.97 Å². The molecular formula is C15H17N3O3S.